The van der Waals surface area contributed by atoms with Crippen molar-refractivity contribution < 1.29 is 8.42 Å². The molecule has 0 amide bonds. The number of hydrogen-bond donors (Lipinski definition) is 0. The summed E-state index contributed by atoms with van der Waals surface area (Å²) >= 11 is 6.19. The summed E-state index contributed by atoms with van der Waals surface area (Å²) in [5.74, 6) is 0.862. The Morgan fingerprint density at radius 2 is 2.14 bits per heavy atom. The predicted molar refractivity (Wildman–Crippen MR) is 60.5 cm³/mol. The molecule has 0 radical (unpaired) electrons. The van der Waals surface area contributed by atoms with Crippen LogP contribution in [0.15, 0.2) is 0 Å². The van der Waals surface area contributed by atoms with E-state index < -0.39 is 9.84 Å². The number of sulfone groups is 1. The zero-order chi connectivity index (χ0) is 10.6. The van der Waals surface area contributed by atoms with Gasteiger partial charge in [0, 0.05) is 5.38 Å². The molecule has 0 aromatic heterocycles. The summed E-state index contributed by atoms with van der Waals surface area (Å²) in [4.78, 5) is 0. The second-order valence-electron chi connectivity index (χ2n) is 4.17. The highest BCUT2D eigenvalue weighted by Gasteiger charge is 2.32. The van der Waals surface area contributed by atoms with Crippen LogP contribution in [0.4, 0.5) is 0 Å². The minimum absolute atomic E-state index is 0.0684. The Labute approximate surface area is 91.9 Å². The van der Waals surface area contributed by atoms with E-state index in [-0.39, 0.29) is 11.3 Å². The van der Waals surface area contributed by atoms with Crippen molar-refractivity contribution in [1.82, 2.24) is 0 Å². The van der Waals surface area contributed by atoms with Gasteiger partial charge >= 0.3 is 0 Å². The van der Waals surface area contributed by atoms with Crippen molar-refractivity contribution in [2.75, 3.05) is 11.5 Å². The molecule has 0 aromatic carbocycles. The van der Waals surface area contributed by atoms with Crippen LogP contribution in [0.5, 0.6) is 0 Å². The Balaban J connectivity index is 2.29. The molecule has 0 aliphatic carbocycles. The highest BCUT2D eigenvalue weighted by molar-refractivity contribution is 7.91. The molecule has 1 heterocycles. The van der Waals surface area contributed by atoms with Gasteiger partial charge in [-0.2, -0.15) is 0 Å². The maximum atomic E-state index is 11.2. The molecule has 1 saturated heterocycles. The molecule has 0 bridgehead atoms. The van der Waals surface area contributed by atoms with Crippen molar-refractivity contribution in [3.05, 3.63) is 0 Å². The van der Waals surface area contributed by atoms with Crippen LogP contribution in [0.2, 0.25) is 0 Å². The first-order valence-corrected chi connectivity index (χ1v) is 7.65. The Morgan fingerprint density at radius 3 is 2.64 bits per heavy atom. The lowest BCUT2D eigenvalue weighted by atomic mass is 10.00. The molecule has 2 atom stereocenters. The van der Waals surface area contributed by atoms with Crippen LogP contribution in [0.25, 0.3) is 0 Å². The molecular weight excluding hydrogens is 220 g/mol. The van der Waals surface area contributed by atoms with E-state index in [1.165, 1.54) is 12.8 Å². The van der Waals surface area contributed by atoms with E-state index in [4.69, 9.17) is 11.6 Å². The van der Waals surface area contributed by atoms with Crippen molar-refractivity contribution in [3.63, 3.8) is 0 Å². The molecule has 0 aromatic rings. The number of unbranched alkanes of at least 4 members (excludes halogenated alkanes) is 2. The van der Waals surface area contributed by atoms with Gasteiger partial charge in [0.1, 0.15) is 0 Å². The van der Waals surface area contributed by atoms with Crippen LogP contribution in [0, 0.1) is 5.92 Å². The van der Waals surface area contributed by atoms with Gasteiger partial charge in [0.25, 0.3) is 0 Å². The number of rotatable bonds is 5. The summed E-state index contributed by atoms with van der Waals surface area (Å²) in [6, 6.07) is 0. The lowest BCUT2D eigenvalue weighted by Crippen LogP contribution is -2.16. The fourth-order valence-corrected chi connectivity index (χ4v) is 4.29. The van der Waals surface area contributed by atoms with Gasteiger partial charge in [-0.1, -0.05) is 26.2 Å². The van der Waals surface area contributed by atoms with Gasteiger partial charge in [0.2, 0.25) is 0 Å². The van der Waals surface area contributed by atoms with Crippen LogP contribution in [-0.2, 0) is 9.84 Å². The van der Waals surface area contributed by atoms with Gasteiger partial charge in [0.15, 0.2) is 9.84 Å². The van der Waals surface area contributed by atoms with E-state index in [1.54, 1.807) is 0 Å². The quantitative estimate of drug-likeness (QED) is 0.545. The second-order valence-corrected chi connectivity index (χ2v) is 6.96. The molecular formula is C10H19ClO2S. The summed E-state index contributed by atoms with van der Waals surface area (Å²) in [6.45, 7) is 2.16. The van der Waals surface area contributed by atoms with Crippen LogP contribution in [-0.4, -0.2) is 25.3 Å². The third kappa shape index (κ3) is 3.77. The van der Waals surface area contributed by atoms with E-state index >= 15 is 0 Å². The van der Waals surface area contributed by atoms with Gasteiger partial charge in [0.05, 0.1) is 11.5 Å². The normalized spacial score (nSPS) is 27.7. The van der Waals surface area contributed by atoms with E-state index in [2.05, 4.69) is 6.92 Å². The predicted octanol–water partition coefficient (Wildman–Crippen LogP) is 2.61. The van der Waals surface area contributed by atoms with Gasteiger partial charge < -0.3 is 0 Å². The molecule has 1 rings (SSSR count). The molecule has 2 unspecified atom stereocenters. The second kappa shape index (κ2) is 5.36. The van der Waals surface area contributed by atoms with E-state index in [0.717, 1.165) is 19.3 Å². The first kappa shape index (κ1) is 12.3. The standard InChI is InChI=1S/C10H19ClO2S/c1-2-3-4-5-10(11)9-6-7-14(12,13)8-9/h9-10H,2-8H2,1H3. The minimum Gasteiger partial charge on any atom is -0.229 e. The third-order valence-electron chi connectivity index (χ3n) is 2.86. The third-order valence-corrected chi connectivity index (χ3v) is 5.23. The van der Waals surface area contributed by atoms with Gasteiger partial charge in [-0.25, -0.2) is 8.42 Å². The monoisotopic (exact) mass is 238 g/mol. The van der Waals surface area contributed by atoms with E-state index in [9.17, 15) is 8.42 Å². The first-order valence-electron chi connectivity index (χ1n) is 5.39. The lowest BCUT2D eigenvalue weighted by molar-refractivity contribution is 0.505. The first-order chi connectivity index (χ1) is 6.55. The Kier molecular flexibility index (Phi) is 4.71. The molecule has 1 aliphatic rings. The van der Waals surface area contributed by atoms with Crippen LogP contribution in [0.3, 0.4) is 0 Å². The molecule has 1 aliphatic heterocycles. The maximum Gasteiger partial charge on any atom is 0.150 e. The fourth-order valence-electron chi connectivity index (χ4n) is 1.93. The number of alkyl halides is 1. The molecule has 0 N–H and O–H groups in total. The summed E-state index contributed by atoms with van der Waals surface area (Å²) in [6.07, 6.45) is 5.24. The van der Waals surface area contributed by atoms with E-state index in [1.807, 2.05) is 0 Å². The van der Waals surface area contributed by atoms with Crippen molar-refractivity contribution in [3.8, 4) is 0 Å². The molecule has 4 heteroatoms. The molecule has 1 fully saturated rings. The van der Waals surface area contributed by atoms with Crippen LogP contribution in [0.1, 0.15) is 39.0 Å². The Morgan fingerprint density at radius 1 is 1.43 bits per heavy atom. The Bertz CT molecular complexity index is 261. The molecule has 0 spiro atoms. The Hall–Kier alpha value is 0.240. The van der Waals surface area contributed by atoms with Crippen molar-refractivity contribution in [2.45, 2.75) is 44.4 Å². The fraction of sp³-hybridized carbons (Fsp3) is 1.00. The van der Waals surface area contributed by atoms with Crippen LogP contribution < -0.4 is 0 Å². The van der Waals surface area contributed by atoms with Crippen LogP contribution >= 0.6 is 11.6 Å². The maximum absolute atomic E-state index is 11.2. The average molecular weight is 239 g/mol. The SMILES string of the molecule is CCCCCC(Cl)C1CCS(=O)(=O)C1. The number of hydrogen-bond acceptors (Lipinski definition) is 2. The molecule has 84 valence electrons. The van der Waals surface area contributed by atoms with Gasteiger partial charge in [-0.15, -0.1) is 11.6 Å². The van der Waals surface area contributed by atoms with E-state index in [0.29, 0.717) is 11.5 Å². The molecule has 0 saturated carbocycles. The van der Waals surface area contributed by atoms with Gasteiger partial charge in [-0.05, 0) is 18.8 Å². The summed E-state index contributed by atoms with van der Waals surface area (Å²) in [5.41, 5.74) is 0. The summed E-state index contributed by atoms with van der Waals surface area (Å²) in [7, 11) is -2.76. The summed E-state index contributed by atoms with van der Waals surface area (Å²) < 4.78 is 22.4. The highest BCUT2D eigenvalue weighted by atomic mass is 35.5. The van der Waals surface area contributed by atoms with Crippen molar-refractivity contribution in [1.29, 1.82) is 0 Å². The van der Waals surface area contributed by atoms with Crippen molar-refractivity contribution >= 4 is 21.4 Å². The zero-order valence-corrected chi connectivity index (χ0v) is 10.3. The number of halogens is 1. The van der Waals surface area contributed by atoms with Gasteiger partial charge in [-0.3, -0.25) is 0 Å². The van der Waals surface area contributed by atoms with Crippen molar-refractivity contribution in [2.24, 2.45) is 5.92 Å². The molecule has 14 heavy (non-hydrogen) atoms. The average Bonchev–Trinajstić information content (AvgIpc) is 2.46. The molecule has 2 nitrogen and oxygen atoms in total. The largest absolute Gasteiger partial charge is 0.229 e. The minimum atomic E-state index is -2.76. The topological polar surface area (TPSA) is 34.1 Å². The smallest absolute Gasteiger partial charge is 0.150 e. The summed E-state index contributed by atoms with van der Waals surface area (Å²) in [5, 5.41) is 0.0684. The zero-order valence-electron chi connectivity index (χ0n) is 8.71. The lowest BCUT2D eigenvalue weighted by Gasteiger charge is -2.14. The highest BCUT2D eigenvalue weighted by Crippen LogP contribution is 2.28.